The molecule has 3 saturated carbocycles. The van der Waals surface area contributed by atoms with Crippen LogP contribution in [-0.4, -0.2) is 23.1 Å². The fourth-order valence-corrected chi connectivity index (χ4v) is 17.4. The number of carbonyl (C=O) groups excluding carboxylic acids is 4. The van der Waals surface area contributed by atoms with Gasteiger partial charge in [-0.1, -0.05) is 38.5 Å². The zero-order chi connectivity index (χ0) is 39.6. The molecular weight excluding hydrogens is 821 g/mol. The van der Waals surface area contributed by atoms with Crippen LogP contribution in [-0.2, 0) is 25.2 Å². The highest BCUT2D eigenvalue weighted by atomic mass is 32.1. The molecule has 4 heterocycles. The van der Waals surface area contributed by atoms with Gasteiger partial charge in [0.1, 0.15) is 23.3 Å². The number of fused-ring (bicyclic) bond motifs is 15. The minimum Gasteiger partial charge on any atom is -0.290 e. The summed E-state index contributed by atoms with van der Waals surface area (Å²) in [6, 6.07) is 5.93. The number of rotatable bonds is 2. The summed E-state index contributed by atoms with van der Waals surface area (Å²) in [5.41, 5.74) is 4.49. The van der Waals surface area contributed by atoms with E-state index in [1.807, 2.05) is 22.7 Å². The zero-order valence-corrected chi connectivity index (χ0v) is 33.9. The van der Waals surface area contributed by atoms with Crippen LogP contribution in [0, 0.1) is 23.5 Å². The Bertz CT molecular complexity index is 2950. The number of carbonyl (C=O) groups is 4. The highest BCUT2D eigenvalue weighted by Gasteiger charge is 2.53. The largest absolute Gasteiger partial charge is 0.290 e. The molecule has 0 bridgehead atoms. The van der Waals surface area contributed by atoms with E-state index in [0.29, 0.717) is 6.07 Å². The van der Waals surface area contributed by atoms with Crippen molar-refractivity contribution in [3.63, 3.8) is 0 Å². The molecule has 1 aromatic carbocycles. The third-order valence-corrected chi connectivity index (χ3v) is 18.9. The van der Waals surface area contributed by atoms with Gasteiger partial charge in [-0.25, -0.2) is 17.6 Å². The predicted molar refractivity (Wildman–Crippen MR) is 221 cm³/mol. The molecule has 290 valence electrons. The first-order valence-electron chi connectivity index (χ1n) is 19.7. The minimum atomic E-state index is -1.15. The standard InChI is InChI=1S/C46H30F4O4S4/c47-19-11-23-31(29(49)13-19)25(37(53)35(23)51)15-21-17-27-39(55-21)41-33(45(27)7-3-1-4-8-45)43-44(57-41)34-42(58-43)40-28(46(34)9-5-2-6-10-46)18-22(56-40)16-26-32-24(36(52)38(26)54)12-20(48)14-30(32)50/h11-18,23,31H,1-10H2/b25-15-,26-16-. The Morgan fingerprint density at radius 3 is 1.78 bits per heavy atom. The van der Waals surface area contributed by atoms with Gasteiger partial charge in [-0.05, 0) is 73.2 Å². The van der Waals surface area contributed by atoms with Crippen molar-refractivity contribution in [1.82, 2.24) is 0 Å². The smallest absolute Gasteiger partial charge is 0.234 e. The number of benzene rings is 1. The van der Waals surface area contributed by atoms with E-state index < -0.39 is 58.3 Å². The summed E-state index contributed by atoms with van der Waals surface area (Å²) in [6.45, 7) is 0. The lowest BCUT2D eigenvalue weighted by Crippen LogP contribution is -2.28. The molecule has 2 spiro atoms. The number of hydrogen-bond donors (Lipinski definition) is 0. The van der Waals surface area contributed by atoms with E-state index in [9.17, 15) is 28.0 Å². The summed E-state index contributed by atoms with van der Waals surface area (Å²) in [7, 11) is 0. The molecule has 0 amide bonds. The van der Waals surface area contributed by atoms with Gasteiger partial charge in [-0.2, -0.15) is 0 Å². The van der Waals surface area contributed by atoms with Crippen LogP contribution in [0.25, 0.3) is 46.6 Å². The molecular formula is C46H30F4O4S4. The van der Waals surface area contributed by atoms with E-state index in [4.69, 9.17) is 0 Å². The van der Waals surface area contributed by atoms with Gasteiger partial charge < -0.3 is 0 Å². The highest BCUT2D eigenvalue weighted by molar-refractivity contribution is 7.34. The topological polar surface area (TPSA) is 68.3 Å². The summed E-state index contributed by atoms with van der Waals surface area (Å²) in [5, 5.41) is 0. The molecule has 7 aliphatic rings. The Morgan fingerprint density at radius 2 is 1.19 bits per heavy atom. The van der Waals surface area contributed by atoms with Gasteiger partial charge in [-0.15, -0.1) is 45.3 Å². The minimum absolute atomic E-state index is 0.0319. The third kappa shape index (κ3) is 4.50. The van der Waals surface area contributed by atoms with Gasteiger partial charge in [0.2, 0.25) is 23.1 Å². The van der Waals surface area contributed by atoms with E-state index >= 15 is 8.78 Å². The molecule has 0 radical (unpaired) electrons. The normalized spacial score (nSPS) is 24.9. The van der Waals surface area contributed by atoms with E-state index in [1.54, 1.807) is 34.8 Å². The maximum atomic E-state index is 15.2. The second kappa shape index (κ2) is 12.1. The second-order valence-corrected chi connectivity index (χ2v) is 21.0. The van der Waals surface area contributed by atoms with Gasteiger partial charge in [0.15, 0.2) is 0 Å². The molecule has 5 aromatic rings. The van der Waals surface area contributed by atoms with Crippen molar-refractivity contribution >= 4 is 95.6 Å². The van der Waals surface area contributed by atoms with Gasteiger partial charge in [0.25, 0.3) is 0 Å². The summed E-state index contributed by atoms with van der Waals surface area (Å²) < 4.78 is 61.1. The molecule has 0 N–H and O–H groups in total. The molecule has 12 heteroatoms. The number of hydrogen-bond acceptors (Lipinski definition) is 8. The van der Waals surface area contributed by atoms with Crippen molar-refractivity contribution in [2.24, 2.45) is 11.8 Å². The monoisotopic (exact) mass is 850 g/mol. The Labute approximate surface area is 345 Å². The molecule has 7 aliphatic carbocycles. The molecule has 4 nitrogen and oxygen atoms in total. The quantitative estimate of drug-likeness (QED) is 0.101. The van der Waals surface area contributed by atoms with Crippen LogP contribution in [0.2, 0.25) is 0 Å². The maximum Gasteiger partial charge on any atom is 0.234 e. The number of halogens is 4. The van der Waals surface area contributed by atoms with Gasteiger partial charge in [0, 0.05) is 75.9 Å². The number of allylic oxidation sites excluding steroid dienone is 6. The van der Waals surface area contributed by atoms with Crippen LogP contribution in [0.1, 0.15) is 112 Å². The van der Waals surface area contributed by atoms with E-state index in [-0.39, 0.29) is 33.1 Å². The van der Waals surface area contributed by atoms with Crippen LogP contribution in [0.4, 0.5) is 17.6 Å². The van der Waals surface area contributed by atoms with Crippen molar-refractivity contribution < 1.29 is 36.7 Å². The number of thiophene rings is 4. The molecule has 2 unspecified atom stereocenters. The Morgan fingerprint density at radius 1 is 0.621 bits per heavy atom. The maximum absolute atomic E-state index is 15.2. The van der Waals surface area contributed by atoms with Crippen LogP contribution in [0.3, 0.4) is 0 Å². The van der Waals surface area contributed by atoms with Crippen molar-refractivity contribution in [1.29, 1.82) is 0 Å². The van der Waals surface area contributed by atoms with Crippen molar-refractivity contribution in [3.05, 3.63) is 108 Å². The van der Waals surface area contributed by atoms with E-state index in [2.05, 4.69) is 12.1 Å². The van der Waals surface area contributed by atoms with Crippen molar-refractivity contribution in [3.8, 4) is 19.5 Å². The summed E-state index contributed by atoms with van der Waals surface area (Å²) >= 11 is 6.85. The summed E-state index contributed by atoms with van der Waals surface area (Å²) in [6.07, 6.45) is 15.6. The molecule has 3 fully saturated rings. The summed E-state index contributed by atoms with van der Waals surface area (Å²) in [5.74, 6) is -8.94. The van der Waals surface area contributed by atoms with Gasteiger partial charge >= 0.3 is 0 Å². The Hall–Kier alpha value is -4.36. The Kier molecular flexibility index (Phi) is 7.43. The second-order valence-electron chi connectivity index (χ2n) is 16.7. The highest BCUT2D eigenvalue weighted by Crippen LogP contribution is 2.69. The molecule has 12 rings (SSSR count). The molecule has 58 heavy (non-hydrogen) atoms. The third-order valence-electron chi connectivity index (χ3n) is 13.8. The lowest BCUT2D eigenvalue weighted by molar-refractivity contribution is -0.133. The van der Waals surface area contributed by atoms with Gasteiger partial charge in [0.05, 0.1) is 31.0 Å². The van der Waals surface area contributed by atoms with Crippen LogP contribution in [0.5, 0.6) is 0 Å². The lowest BCUT2D eigenvalue weighted by Gasteiger charge is -2.35. The SMILES string of the molecule is O=C1C(=O)c2cc(F)cc(F)c2/C1=C/c1cc2c(s1)-c1sc3c4c(sc3c1C21CCCCC1)-c1sc(/C=C2\C(=O)C(=O)C3C=C(F)C=C(F)C23)cc1C41CCCCC1. The first kappa shape index (κ1) is 35.6. The van der Waals surface area contributed by atoms with E-state index in [1.165, 1.54) is 46.3 Å². The van der Waals surface area contributed by atoms with Gasteiger partial charge in [-0.3, -0.25) is 19.2 Å². The first-order chi connectivity index (χ1) is 28.0. The number of ketones is 4. The predicted octanol–water partition coefficient (Wildman–Crippen LogP) is 12.6. The molecule has 4 aromatic heterocycles. The summed E-state index contributed by atoms with van der Waals surface area (Å²) in [4.78, 5) is 58.5. The first-order valence-corrected chi connectivity index (χ1v) is 23.0. The number of Topliss-reactive ketones (excluding diaryl/α,β-unsaturated/α-hetero) is 4. The molecule has 0 saturated heterocycles. The van der Waals surface area contributed by atoms with Crippen LogP contribution in [0.15, 0.2) is 53.6 Å². The van der Waals surface area contributed by atoms with Crippen LogP contribution < -0.4 is 0 Å². The average molecular weight is 851 g/mol. The zero-order valence-electron chi connectivity index (χ0n) is 30.6. The fraction of sp³-hybridized carbons (Fsp3) is 0.304. The van der Waals surface area contributed by atoms with Crippen LogP contribution >= 0.6 is 45.3 Å². The van der Waals surface area contributed by atoms with E-state index in [0.717, 1.165) is 97.1 Å². The molecule has 2 atom stereocenters. The van der Waals surface area contributed by atoms with Crippen molar-refractivity contribution in [2.45, 2.75) is 75.0 Å². The molecule has 0 aliphatic heterocycles. The Balaban J connectivity index is 1.01. The fourth-order valence-electron chi connectivity index (χ4n) is 11.4. The van der Waals surface area contributed by atoms with Crippen molar-refractivity contribution in [2.75, 3.05) is 0 Å². The lowest BCUT2D eigenvalue weighted by atomic mass is 9.67. The average Bonchev–Trinajstić information content (AvgIpc) is 4.07.